The minimum absolute atomic E-state index is 0.242. The van der Waals surface area contributed by atoms with Crippen LogP contribution in [0.25, 0.3) is 215 Å². The van der Waals surface area contributed by atoms with Crippen molar-refractivity contribution in [3.8, 4) is 28.7 Å². The molecule has 454 valence electrons. The molecule has 0 radical (unpaired) electrons. The van der Waals surface area contributed by atoms with Crippen molar-refractivity contribution in [3.05, 3.63) is 216 Å². The second-order valence-corrected chi connectivity index (χ2v) is 34.3. The van der Waals surface area contributed by atoms with Crippen molar-refractivity contribution in [1.29, 1.82) is 0 Å². The maximum absolute atomic E-state index is 11.2. The number of hydrogen-bond acceptors (Lipinski definition) is 5. The summed E-state index contributed by atoms with van der Waals surface area (Å²) in [7, 11) is 9.21. The molecule has 0 saturated heterocycles. The Bertz CT molecular complexity index is 8830. The first-order valence-electron chi connectivity index (χ1n) is 36.3. The standard InChI is InChI=1S/C95H37ClO5/c1-97-31-16-6-26(7-17-31)90-76-66-56-46-41-36-37-39-40-38(36)43-49-47(41)57(56)67-69-59(49)61-51(43)53-45(40)55-54-44(39)52-50-42(37)48(46)58-60(50)70-72-62(52)64(54)74-75-65(55)63(53)73-71(61)81-79(69)91(77(67)76,27-8-18-32(98-2)19-9-27)87-86(90)88-92(80(70)78(90)68(58)66,28-10-20-33(99-3)21-11-28)82(72)84(74)94(30-14-24-35(101-5)25-15-30)85(75)83(73)93(81,89(87)95(88,94)96)29-12-22-34(100-4)23-13-29/h6-25,86,88H,1-5H3. The van der Waals surface area contributed by atoms with Crippen LogP contribution in [0.3, 0.4) is 0 Å². The summed E-state index contributed by atoms with van der Waals surface area (Å²) in [6.45, 7) is 0. The summed E-state index contributed by atoms with van der Waals surface area (Å²) in [5.74, 6) is 3.76. The summed E-state index contributed by atoms with van der Waals surface area (Å²) in [6, 6.07) is 48.6. The first-order valence-corrected chi connectivity index (χ1v) is 36.7. The van der Waals surface area contributed by atoms with Crippen LogP contribution in [-0.2, 0) is 27.1 Å². The molecule has 0 bridgehead atoms. The van der Waals surface area contributed by atoms with Gasteiger partial charge >= 0.3 is 0 Å². The Kier molecular flexibility index (Phi) is 5.23. The van der Waals surface area contributed by atoms with E-state index in [9.17, 15) is 11.6 Å². The molecule has 0 amide bonds. The molecular formula is C95H37ClO5. The smallest absolute Gasteiger partial charge is 0.118 e. The number of allylic oxidation sites excluding steroid dienone is 2. The van der Waals surface area contributed by atoms with E-state index >= 15 is 0 Å². The van der Waals surface area contributed by atoms with Gasteiger partial charge in [0.05, 0.1) is 67.5 Å². The molecule has 8 atom stereocenters. The quantitative estimate of drug-likeness (QED) is 0.0776. The van der Waals surface area contributed by atoms with Gasteiger partial charge in [-0.1, -0.05) is 60.7 Å². The summed E-state index contributed by atoms with van der Waals surface area (Å²) in [5, 5.41) is 61.3. The molecule has 26 aromatic carbocycles. The number of halogens is 1. The lowest BCUT2D eigenvalue weighted by molar-refractivity contribution is 0.132. The Labute approximate surface area is 571 Å². The van der Waals surface area contributed by atoms with Crippen molar-refractivity contribution in [3.63, 3.8) is 0 Å². The van der Waals surface area contributed by atoms with Gasteiger partial charge in [0.15, 0.2) is 0 Å². The summed E-state index contributed by atoms with van der Waals surface area (Å²) < 4.78 is 31.8. The molecular weight excluding hydrogens is 1260 g/mol. The van der Waals surface area contributed by atoms with Crippen molar-refractivity contribution < 1.29 is 23.7 Å². The van der Waals surface area contributed by atoms with Gasteiger partial charge in [-0.25, -0.2) is 0 Å². The maximum atomic E-state index is 11.2. The van der Waals surface area contributed by atoms with Crippen LogP contribution in [0.5, 0.6) is 28.7 Å². The van der Waals surface area contributed by atoms with Gasteiger partial charge in [0.1, 0.15) is 28.7 Å². The van der Waals surface area contributed by atoms with Crippen molar-refractivity contribution in [2.24, 2.45) is 11.8 Å². The molecule has 0 heterocycles. The lowest BCUT2D eigenvalue weighted by Crippen LogP contribution is -2.70. The fourth-order valence-electron chi connectivity index (χ4n) is 32.0. The Morgan fingerprint density at radius 3 is 0.792 bits per heavy atom. The van der Waals surface area contributed by atoms with Crippen LogP contribution < -0.4 is 23.7 Å². The summed E-state index contributed by atoms with van der Waals surface area (Å²) in [4.78, 5) is -1.23. The summed E-state index contributed by atoms with van der Waals surface area (Å²) in [6.07, 6.45) is 0. The number of hydrogen-bond donors (Lipinski definition) is 0. The molecule has 0 spiro atoms. The maximum Gasteiger partial charge on any atom is 0.118 e. The average molecular weight is 1290 g/mol. The number of rotatable bonds is 10. The molecule has 0 saturated carbocycles. The molecule has 101 heavy (non-hydrogen) atoms. The van der Waals surface area contributed by atoms with Gasteiger partial charge in [0, 0.05) is 11.8 Å². The number of alkyl halides is 1. The monoisotopic (exact) mass is 1290 g/mol. The van der Waals surface area contributed by atoms with Gasteiger partial charge in [0.25, 0.3) is 0 Å². The normalized spacial score (nSPS) is 27.1. The van der Waals surface area contributed by atoms with Crippen molar-refractivity contribution in [2.75, 3.05) is 35.5 Å². The second kappa shape index (κ2) is 11.7. The van der Waals surface area contributed by atoms with Gasteiger partial charge in [0.2, 0.25) is 0 Å². The molecule has 37 rings (SSSR count). The van der Waals surface area contributed by atoms with Gasteiger partial charge in [-0.3, -0.25) is 0 Å². The number of ether oxygens (including phenoxy) is 5. The molecule has 11 aliphatic carbocycles. The lowest BCUT2D eigenvalue weighted by atomic mass is 9.36. The summed E-state index contributed by atoms with van der Waals surface area (Å²) in [5.41, 5.74) is 20.4. The molecule has 0 aromatic heterocycles. The third-order valence-corrected chi connectivity index (χ3v) is 33.7. The van der Waals surface area contributed by atoms with Crippen molar-refractivity contribution >= 4 is 227 Å². The zero-order chi connectivity index (χ0) is 63.6. The summed E-state index contributed by atoms with van der Waals surface area (Å²) >= 11 is 11.2. The Balaban J connectivity index is 1.00. The van der Waals surface area contributed by atoms with E-state index in [2.05, 4.69) is 121 Å². The van der Waals surface area contributed by atoms with Crippen LogP contribution in [0.1, 0.15) is 83.5 Å². The van der Waals surface area contributed by atoms with Gasteiger partial charge in [-0.15, -0.1) is 11.6 Å². The Morgan fingerprint density at radius 1 is 0.228 bits per heavy atom. The van der Waals surface area contributed by atoms with E-state index in [0.717, 1.165) is 28.7 Å². The minimum atomic E-state index is -1.23. The van der Waals surface area contributed by atoms with Crippen LogP contribution >= 0.6 is 11.6 Å². The largest absolute Gasteiger partial charge is 0.497 e. The number of benzene rings is 20. The molecule has 6 heteroatoms. The first-order chi connectivity index (χ1) is 49.9. The van der Waals surface area contributed by atoms with E-state index < -0.39 is 31.9 Å². The van der Waals surface area contributed by atoms with Crippen LogP contribution in [0.15, 0.2) is 132 Å². The first kappa shape index (κ1) is 45.3. The second-order valence-electron chi connectivity index (χ2n) is 33.7. The fraction of sp³-hybridized carbons (Fsp3) is 0.137. The molecule has 11 aliphatic rings. The molecule has 5 nitrogen and oxygen atoms in total. The molecule has 8 unspecified atom stereocenters. The predicted molar refractivity (Wildman–Crippen MR) is 405 cm³/mol. The van der Waals surface area contributed by atoms with E-state index in [1.165, 1.54) is 207 Å². The highest BCUT2D eigenvalue weighted by Gasteiger charge is 2.90. The Hall–Kier alpha value is -11.4. The molecule has 0 N–H and O–H groups in total. The van der Waals surface area contributed by atoms with Gasteiger partial charge in [-0.05, 0) is 371 Å². The molecule has 0 aliphatic heterocycles. The zero-order valence-corrected chi connectivity index (χ0v) is 54.9. The van der Waals surface area contributed by atoms with E-state index in [0.29, 0.717) is 0 Å². The lowest BCUT2D eigenvalue weighted by Gasteiger charge is -2.67. The topological polar surface area (TPSA) is 46.2 Å². The van der Waals surface area contributed by atoms with E-state index in [1.807, 2.05) is 35.5 Å². The highest BCUT2D eigenvalue weighted by molar-refractivity contribution is 6.77. The zero-order valence-electron chi connectivity index (χ0n) is 54.1. The van der Waals surface area contributed by atoms with E-state index in [-0.39, 0.29) is 11.8 Å². The Morgan fingerprint density at radius 2 is 0.446 bits per heavy atom. The molecule has 0 fully saturated rings. The third-order valence-electron chi connectivity index (χ3n) is 33.0. The van der Waals surface area contributed by atoms with Crippen molar-refractivity contribution in [2.45, 2.75) is 31.9 Å². The molecule has 26 aromatic rings. The van der Waals surface area contributed by atoms with Crippen LogP contribution in [0, 0.1) is 11.8 Å². The van der Waals surface area contributed by atoms with E-state index in [1.54, 1.807) is 103 Å². The van der Waals surface area contributed by atoms with Crippen molar-refractivity contribution in [1.82, 2.24) is 0 Å². The fourth-order valence-corrected chi connectivity index (χ4v) is 32.8. The third kappa shape index (κ3) is 2.94. The van der Waals surface area contributed by atoms with Crippen LogP contribution in [-0.4, -0.2) is 40.4 Å². The SMILES string of the molecule is COc1ccc(C23C4=C5C6(c7ccc(OC)cc7)c7c2c2c8c3c3c9c%10c%11c%12c%13c%14c%15c%16c%17c%18c(c6c6c7c7c2c2c%19c8c9c8c9c%10c%13c%10c%13c%14c%17c%14c%17c%18c6c6c7c2c2c(c%198)c(c9%10)c(c%13%14)c2c6%17)C%16(c2ccc(OC)cc2)C5(Cl)C(C4C3%11c2ccc(OC)cc2)C%12%15c2ccc(OC)cc2)cc1. The van der Waals surface area contributed by atoms with E-state index in [4.69, 9.17) is 23.7 Å². The number of methoxy groups -OCH3 is 5. The highest BCUT2D eigenvalue weighted by atomic mass is 35.5. The van der Waals surface area contributed by atoms with Crippen LogP contribution in [0.2, 0.25) is 0 Å². The highest BCUT2D eigenvalue weighted by Crippen LogP contribution is 2.96. The predicted octanol–water partition coefficient (Wildman–Crippen LogP) is 21.5. The average Bonchev–Trinajstić information content (AvgIpc) is 1.36. The minimum Gasteiger partial charge on any atom is -0.497 e. The van der Waals surface area contributed by atoms with Crippen LogP contribution in [0.4, 0.5) is 0 Å². The van der Waals surface area contributed by atoms with Gasteiger partial charge < -0.3 is 23.7 Å². The van der Waals surface area contributed by atoms with Gasteiger partial charge in [-0.2, -0.15) is 0 Å².